The molecule has 0 aliphatic heterocycles. The minimum Gasteiger partial charge on any atom is -0.465 e. The smallest absolute Gasteiger partial charge is 0.340 e. The van der Waals surface area contributed by atoms with Gasteiger partial charge in [0.2, 0.25) is 0 Å². The van der Waals surface area contributed by atoms with Crippen molar-refractivity contribution in [2.24, 2.45) is 0 Å². The minimum absolute atomic E-state index is 0.408. The summed E-state index contributed by atoms with van der Waals surface area (Å²) in [4.78, 5) is 11.7. The lowest BCUT2D eigenvalue weighted by molar-refractivity contribution is 0.0602. The Morgan fingerprint density at radius 2 is 2.30 bits per heavy atom. The number of benzene rings is 1. The van der Waals surface area contributed by atoms with Gasteiger partial charge in [0, 0.05) is 24.1 Å². The number of carbonyl (C=O) groups excluding carboxylic acids is 1. The summed E-state index contributed by atoms with van der Waals surface area (Å²) in [6.45, 7) is 3.35. The van der Waals surface area contributed by atoms with Gasteiger partial charge in [-0.05, 0) is 30.7 Å². The minimum atomic E-state index is -0.408. The summed E-state index contributed by atoms with van der Waals surface area (Å²) < 4.78 is 6.59. The van der Waals surface area contributed by atoms with Crippen molar-refractivity contribution in [1.29, 1.82) is 0 Å². The fraction of sp³-hybridized carbons (Fsp3) is 0.286. The number of anilines is 2. The number of nitrogens with zero attached hydrogens (tertiary/aromatic N) is 2. The van der Waals surface area contributed by atoms with E-state index in [-0.39, 0.29) is 0 Å². The maximum Gasteiger partial charge on any atom is 0.340 e. The summed E-state index contributed by atoms with van der Waals surface area (Å²) in [6.07, 6.45) is 3.77. The second-order valence-electron chi connectivity index (χ2n) is 4.50. The Labute approximate surface area is 117 Å². The van der Waals surface area contributed by atoms with Crippen molar-refractivity contribution in [3.05, 3.63) is 41.7 Å². The Morgan fingerprint density at radius 3 is 2.95 bits per heavy atom. The average molecular weight is 274 g/mol. The molecule has 2 aromatic rings. The van der Waals surface area contributed by atoms with Gasteiger partial charge in [-0.2, -0.15) is 5.10 Å². The zero-order valence-electron chi connectivity index (χ0n) is 11.6. The highest BCUT2D eigenvalue weighted by Crippen LogP contribution is 2.19. The fourth-order valence-corrected chi connectivity index (χ4v) is 1.89. The first-order valence-electron chi connectivity index (χ1n) is 6.31. The number of hydrogen-bond donors (Lipinski definition) is 2. The van der Waals surface area contributed by atoms with Gasteiger partial charge in [0.25, 0.3) is 0 Å². The predicted molar refractivity (Wildman–Crippen MR) is 77.6 cm³/mol. The van der Waals surface area contributed by atoms with E-state index in [1.165, 1.54) is 7.11 Å². The third kappa shape index (κ3) is 3.28. The van der Waals surface area contributed by atoms with E-state index < -0.39 is 5.97 Å². The van der Waals surface area contributed by atoms with E-state index in [4.69, 9.17) is 10.5 Å². The van der Waals surface area contributed by atoms with Crippen LogP contribution in [0.25, 0.3) is 0 Å². The van der Waals surface area contributed by atoms with Gasteiger partial charge in [-0.25, -0.2) is 4.79 Å². The van der Waals surface area contributed by atoms with Gasteiger partial charge >= 0.3 is 5.97 Å². The van der Waals surface area contributed by atoms with Crippen molar-refractivity contribution in [2.45, 2.75) is 13.5 Å². The molecule has 0 fully saturated rings. The van der Waals surface area contributed by atoms with E-state index in [0.29, 0.717) is 30.0 Å². The van der Waals surface area contributed by atoms with Crippen LogP contribution in [0.15, 0.2) is 30.6 Å². The summed E-state index contributed by atoms with van der Waals surface area (Å²) in [5.74, 6) is -0.408. The second kappa shape index (κ2) is 6.10. The molecule has 1 aromatic heterocycles. The lowest BCUT2D eigenvalue weighted by Gasteiger charge is -2.11. The molecule has 3 N–H and O–H groups in total. The molecule has 106 valence electrons. The molecule has 0 radical (unpaired) electrons. The Hall–Kier alpha value is -2.50. The molecule has 0 saturated carbocycles. The summed E-state index contributed by atoms with van der Waals surface area (Å²) >= 11 is 0. The molecule has 0 atom stereocenters. The Morgan fingerprint density at radius 1 is 1.50 bits per heavy atom. The summed E-state index contributed by atoms with van der Waals surface area (Å²) in [5.41, 5.74) is 8.48. The molecule has 0 unspecified atom stereocenters. The maximum absolute atomic E-state index is 11.7. The molecule has 6 heteroatoms. The Bertz CT molecular complexity index is 607. The number of aromatic nitrogens is 2. The highest BCUT2D eigenvalue weighted by atomic mass is 16.5. The van der Waals surface area contributed by atoms with Crippen LogP contribution in [0.5, 0.6) is 0 Å². The van der Waals surface area contributed by atoms with Crippen LogP contribution in [0.1, 0.15) is 15.9 Å². The zero-order valence-corrected chi connectivity index (χ0v) is 11.6. The number of aryl methyl sites for hydroxylation is 1. The number of hydrogen-bond acceptors (Lipinski definition) is 5. The Balaban J connectivity index is 2.03. The van der Waals surface area contributed by atoms with Crippen molar-refractivity contribution >= 4 is 17.3 Å². The van der Waals surface area contributed by atoms with Crippen molar-refractivity contribution in [1.82, 2.24) is 9.78 Å². The SMILES string of the molecule is COC(=O)c1cc(N)ccc1NCCn1cc(C)cn1. The fourth-order valence-electron chi connectivity index (χ4n) is 1.89. The van der Waals surface area contributed by atoms with Crippen LogP contribution in [0.3, 0.4) is 0 Å². The molecular formula is C14H18N4O2. The monoisotopic (exact) mass is 274 g/mol. The molecule has 0 aliphatic rings. The van der Waals surface area contributed by atoms with Gasteiger partial charge in [-0.15, -0.1) is 0 Å². The quantitative estimate of drug-likeness (QED) is 0.640. The lowest BCUT2D eigenvalue weighted by Crippen LogP contribution is -2.14. The normalized spacial score (nSPS) is 10.3. The van der Waals surface area contributed by atoms with E-state index in [2.05, 4.69) is 10.4 Å². The van der Waals surface area contributed by atoms with Gasteiger partial charge in [0.15, 0.2) is 0 Å². The summed E-state index contributed by atoms with van der Waals surface area (Å²) in [5, 5.41) is 7.40. The van der Waals surface area contributed by atoms with Gasteiger partial charge in [0.1, 0.15) is 0 Å². The van der Waals surface area contributed by atoms with E-state index in [1.807, 2.05) is 24.0 Å². The highest BCUT2D eigenvalue weighted by Gasteiger charge is 2.11. The van der Waals surface area contributed by atoms with Crippen LogP contribution in [-0.4, -0.2) is 29.4 Å². The summed E-state index contributed by atoms with van der Waals surface area (Å²) in [7, 11) is 1.35. The number of esters is 1. The molecule has 0 saturated heterocycles. The van der Waals surface area contributed by atoms with Crippen LogP contribution in [0.2, 0.25) is 0 Å². The van der Waals surface area contributed by atoms with Crippen LogP contribution in [0, 0.1) is 6.92 Å². The number of rotatable bonds is 5. The standard InChI is InChI=1S/C14H18N4O2/c1-10-8-17-18(9-10)6-5-16-13-4-3-11(15)7-12(13)14(19)20-2/h3-4,7-9,16H,5-6,15H2,1-2H3. The molecule has 2 rings (SSSR count). The number of nitrogens with one attached hydrogen (secondary N) is 1. The van der Waals surface area contributed by atoms with Gasteiger partial charge in [-0.1, -0.05) is 0 Å². The third-order valence-electron chi connectivity index (χ3n) is 2.87. The van der Waals surface area contributed by atoms with Crippen molar-refractivity contribution in [3.8, 4) is 0 Å². The molecule has 1 heterocycles. The number of nitrogens with two attached hydrogens (primary N) is 1. The molecule has 0 spiro atoms. The first-order chi connectivity index (χ1) is 9.60. The second-order valence-corrected chi connectivity index (χ2v) is 4.50. The van der Waals surface area contributed by atoms with Crippen molar-refractivity contribution < 1.29 is 9.53 Å². The number of ether oxygens (including phenoxy) is 1. The lowest BCUT2D eigenvalue weighted by atomic mass is 10.1. The van der Waals surface area contributed by atoms with E-state index in [0.717, 1.165) is 5.56 Å². The van der Waals surface area contributed by atoms with Gasteiger partial charge < -0.3 is 15.8 Å². The molecule has 0 amide bonds. The molecule has 0 aliphatic carbocycles. The zero-order chi connectivity index (χ0) is 14.5. The topological polar surface area (TPSA) is 82.2 Å². The first-order valence-corrected chi connectivity index (χ1v) is 6.31. The summed E-state index contributed by atoms with van der Waals surface area (Å²) in [6, 6.07) is 5.12. The van der Waals surface area contributed by atoms with Crippen molar-refractivity contribution in [3.63, 3.8) is 0 Å². The number of nitrogen functional groups attached to an aromatic ring is 1. The predicted octanol–water partition coefficient (Wildman–Crippen LogP) is 1.67. The third-order valence-corrected chi connectivity index (χ3v) is 2.87. The molecule has 0 bridgehead atoms. The Kier molecular flexibility index (Phi) is 4.24. The number of carbonyl (C=O) groups is 1. The molecule has 20 heavy (non-hydrogen) atoms. The van der Waals surface area contributed by atoms with E-state index >= 15 is 0 Å². The van der Waals surface area contributed by atoms with Crippen LogP contribution >= 0.6 is 0 Å². The van der Waals surface area contributed by atoms with Crippen LogP contribution in [0.4, 0.5) is 11.4 Å². The average Bonchev–Trinajstić information content (AvgIpc) is 2.85. The van der Waals surface area contributed by atoms with Crippen LogP contribution in [-0.2, 0) is 11.3 Å². The van der Waals surface area contributed by atoms with Gasteiger partial charge in [-0.3, -0.25) is 4.68 Å². The largest absolute Gasteiger partial charge is 0.465 e. The molecule has 1 aromatic carbocycles. The van der Waals surface area contributed by atoms with Gasteiger partial charge in [0.05, 0.1) is 25.4 Å². The first kappa shape index (κ1) is 13.9. The van der Waals surface area contributed by atoms with Crippen LogP contribution < -0.4 is 11.1 Å². The highest BCUT2D eigenvalue weighted by molar-refractivity contribution is 5.96. The number of methoxy groups -OCH3 is 1. The molecule has 6 nitrogen and oxygen atoms in total. The maximum atomic E-state index is 11.7. The van der Waals surface area contributed by atoms with E-state index in [1.54, 1.807) is 18.2 Å². The van der Waals surface area contributed by atoms with Crippen molar-refractivity contribution in [2.75, 3.05) is 24.7 Å². The van der Waals surface area contributed by atoms with E-state index in [9.17, 15) is 4.79 Å². The molecular weight excluding hydrogens is 256 g/mol.